The highest BCUT2D eigenvalue weighted by Gasteiger charge is 2.21. The van der Waals surface area contributed by atoms with Crippen LogP contribution in [0.15, 0.2) is 52.9 Å². The maximum absolute atomic E-state index is 12.5. The third kappa shape index (κ3) is 1.93. The Morgan fingerprint density at radius 1 is 1.05 bits per heavy atom. The first-order valence-corrected chi connectivity index (χ1v) is 6.29. The monoisotopic (exact) mass is 264 g/mol. The van der Waals surface area contributed by atoms with Crippen molar-refractivity contribution in [2.75, 3.05) is 0 Å². The Hall–Kier alpha value is -2.68. The van der Waals surface area contributed by atoms with E-state index in [1.54, 1.807) is 30.3 Å². The van der Waals surface area contributed by atoms with Crippen molar-refractivity contribution in [3.63, 3.8) is 0 Å². The molecule has 98 valence electrons. The van der Waals surface area contributed by atoms with Gasteiger partial charge in [-0.15, -0.1) is 0 Å². The van der Waals surface area contributed by atoms with E-state index in [0.717, 1.165) is 5.56 Å². The number of benzene rings is 2. The zero-order valence-corrected chi connectivity index (χ0v) is 10.9. The van der Waals surface area contributed by atoms with Gasteiger partial charge in [-0.05, 0) is 13.0 Å². The first kappa shape index (κ1) is 12.4. The molecule has 3 heteroatoms. The number of carbonyl (C=O) groups excluding carboxylic acids is 2. The summed E-state index contributed by atoms with van der Waals surface area (Å²) in [6.45, 7) is 1.95. The Balaban J connectivity index is 2.16. The van der Waals surface area contributed by atoms with Crippen molar-refractivity contribution < 1.29 is 14.0 Å². The van der Waals surface area contributed by atoms with Crippen LogP contribution in [0.2, 0.25) is 0 Å². The number of hydrogen-bond acceptors (Lipinski definition) is 3. The molecule has 0 fully saturated rings. The van der Waals surface area contributed by atoms with Crippen molar-refractivity contribution in [1.82, 2.24) is 0 Å². The molecule has 3 nitrogen and oxygen atoms in total. The number of ketones is 1. The van der Waals surface area contributed by atoms with Gasteiger partial charge in [0.15, 0.2) is 12.0 Å². The zero-order chi connectivity index (χ0) is 14.1. The standard InChI is InChI=1S/C17H12O3/c1-11-6-8-12(9-7-11)16(19)17-14(10-18)13-4-2-3-5-15(13)20-17/h2-10H,1H3. The largest absolute Gasteiger partial charge is 0.452 e. The van der Waals surface area contributed by atoms with E-state index >= 15 is 0 Å². The number of para-hydroxylation sites is 1. The Morgan fingerprint density at radius 3 is 2.45 bits per heavy atom. The quantitative estimate of drug-likeness (QED) is 0.534. The van der Waals surface area contributed by atoms with E-state index in [1.807, 2.05) is 25.1 Å². The molecule has 0 saturated heterocycles. The maximum atomic E-state index is 12.5. The predicted molar refractivity (Wildman–Crippen MR) is 76.2 cm³/mol. The Morgan fingerprint density at radius 2 is 1.75 bits per heavy atom. The smallest absolute Gasteiger partial charge is 0.228 e. The molecular weight excluding hydrogens is 252 g/mol. The minimum absolute atomic E-state index is 0.102. The van der Waals surface area contributed by atoms with Gasteiger partial charge in [0, 0.05) is 10.9 Å². The molecule has 20 heavy (non-hydrogen) atoms. The van der Waals surface area contributed by atoms with Crippen LogP contribution < -0.4 is 0 Å². The molecule has 1 heterocycles. The SMILES string of the molecule is Cc1ccc(C(=O)c2oc3ccccc3c2C=O)cc1. The van der Waals surface area contributed by atoms with Crippen LogP contribution in [0, 0.1) is 6.92 Å². The van der Waals surface area contributed by atoms with Crippen LogP contribution in [0.5, 0.6) is 0 Å². The van der Waals surface area contributed by atoms with Gasteiger partial charge < -0.3 is 4.42 Å². The lowest BCUT2D eigenvalue weighted by Gasteiger charge is -1.99. The van der Waals surface area contributed by atoms with Crippen LogP contribution in [-0.2, 0) is 0 Å². The van der Waals surface area contributed by atoms with Gasteiger partial charge in [0.25, 0.3) is 0 Å². The van der Waals surface area contributed by atoms with Crippen LogP contribution in [0.1, 0.15) is 32.0 Å². The van der Waals surface area contributed by atoms with Gasteiger partial charge in [0.05, 0.1) is 5.56 Å². The molecule has 0 aliphatic carbocycles. The fourth-order valence-electron chi connectivity index (χ4n) is 2.19. The summed E-state index contributed by atoms with van der Waals surface area (Å²) in [4.78, 5) is 23.7. The van der Waals surface area contributed by atoms with Gasteiger partial charge in [0.2, 0.25) is 5.78 Å². The van der Waals surface area contributed by atoms with Gasteiger partial charge in [-0.25, -0.2) is 0 Å². The summed E-state index contributed by atoms with van der Waals surface area (Å²) in [5.41, 5.74) is 2.44. The first-order valence-electron chi connectivity index (χ1n) is 6.29. The van der Waals surface area contributed by atoms with Crippen molar-refractivity contribution in [3.8, 4) is 0 Å². The topological polar surface area (TPSA) is 47.3 Å². The molecule has 2 aromatic carbocycles. The molecule has 0 spiro atoms. The van der Waals surface area contributed by atoms with Crippen molar-refractivity contribution in [3.05, 3.63) is 71.0 Å². The molecule has 0 amide bonds. The summed E-state index contributed by atoms with van der Waals surface area (Å²) in [7, 11) is 0. The van der Waals surface area contributed by atoms with Gasteiger partial charge >= 0.3 is 0 Å². The second-order valence-corrected chi connectivity index (χ2v) is 4.65. The number of fused-ring (bicyclic) bond motifs is 1. The van der Waals surface area contributed by atoms with Crippen LogP contribution in [0.25, 0.3) is 11.0 Å². The lowest BCUT2D eigenvalue weighted by molar-refractivity contribution is 0.100. The third-order valence-corrected chi connectivity index (χ3v) is 3.27. The normalized spacial score (nSPS) is 10.7. The van der Waals surface area contributed by atoms with Crippen molar-refractivity contribution in [2.45, 2.75) is 6.92 Å². The van der Waals surface area contributed by atoms with Gasteiger partial charge in [-0.2, -0.15) is 0 Å². The Bertz CT molecular complexity index is 795. The summed E-state index contributed by atoms with van der Waals surface area (Å²) >= 11 is 0. The first-order chi connectivity index (χ1) is 9.70. The van der Waals surface area contributed by atoms with Gasteiger partial charge in [0.1, 0.15) is 5.58 Å². The fraction of sp³-hybridized carbons (Fsp3) is 0.0588. The van der Waals surface area contributed by atoms with Crippen LogP contribution in [0.3, 0.4) is 0 Å². The molecular formula is C17H12O3. The zero-order valence-electron chi connectivity index (χ0n) is 10.9. The predicted octanol–water partition coefficient (Wildman–Crippen LogP) is 3.78. The minimum Gasteiger partial charge on any atom is -0.452 e. The molecule has 0 aliphatic heterocycles. The molecule has 0 atom stereocenters. The lowest BCUT2D eigenvalue weighted by Crippen LogP contribution is -2.02. The minimum atomic E-state index is -0.275. The van der Waals surface area contributed by atoms with Crippen molar-refractivity contribution in [2.24, 2.45) is 0 Å². The highest BCUT2D eigenvalue weighted by Crippen LogP contribution is 2.26. The van der Waals surface area contributed by atoms with E-state index in [9.17, 15) is 9.59 Å². The molecule has 0 radical (unpaired) electrons. The third-order valence-electron chi connectivity index (χ3n) is 3.27. The van der Waals surface area contributed by atoms with E-state index in [4.69, 9.17) is 4.42 Å². The van der Waals surface area contributed by atoms with E-state index in [1.165, 1.54) is 0 Å². The molecule has 0 saturated carbocycles. The summed E-state index contributed by atoms with van der Waals surface area (Å²) in [5.74, 6) is -0.173. The summed E-state index contributed by atoms with van der Waals surface area (Å²) in [6.07, 6.45) is 0.674. The molecule has 0 unspecified atom stereocenters. The Labute approximate surface area is 115 Å². The maximum Gasteiger partial charge on any atom is 0.228 e. The van der Waals surface area contributed by atoms with Crippen molar-refractivity contribution >= 4 is 23.0 Å². The van der Waals surface area contributed by atoms with Gasteiger partial charge in [-0.3, -0.25) is 9.59 Å². The molecule has 1 aromatic heterocycles. The number of hydrogen-bond donors (Lipinski definition) is 0. The van der Waals surface area contributed by atoms with Crippen LogP contribution in [0.4, 0.5) is 0 Å². The molecule has 3 rings (SSSR count). The fourth-order valence-corrected chi connectivity index (χ4v) is 2.19. The molecule has 0 N–H and O–H groups in total. The number of carbonyl (C=O) groups is 2. The number of aldehydes is 1. The summed E-state index contributed by atoms with van der Waals surface area (Å²) in [5, 5.41) is 0.665. The molecule has 3 aromatic rings. The van der Waals surface area contributed by atoms with E-state index in [0.29, 0.717) is 28.4 Å². The number of aryl methyl sites for hydroxylation is 1. The van der Waals surface area contributed by atoms with E-state index in [-0.39, 0.29) is 11.5 Å². The molecule has 0 bridgehead atoms. The van der Waals surface area contributed by atoms with Crippen molar-refractivity contribution in [1.29, 1.82) is 0 Å². The summed E-state index contributed by atoms with van der Waals surface area (Å²) < 4.78 is 5.56. The van der Waals surface area contributed by atoms with E-state index in [2.05, 4.69) is 0 Å². The van der Waals surface area contributed by atoms with E-state index < -0.39 is 0 Å². The highest BCUT2D eigenvalue weighted by molar-refractivity contribution is 6.15. The Kier molecular flexibility index (Phi) is 2.95. The second-order valence-electron chi connectivity index (χ2n) is 4.65. The average molecular weight is 264 g/mol. The van der Waals surface area contributed by atoms with Crippen LogP contribution >= 0.6 is 0 Å². The highest BCUT2D eigenvalue weighted by atomic mass is 16.3. The average Bonchev–Trinajstić information content (AvgIpc) is 2.85. The second kappa shape index (κ2) is 4.78. The van der Waals surface area contributed by atoms with Gasteiger partial charge in [-0.1, -0.05) is 48.0 Å². The summed E-state index contributed by atoms with van der Waals surface area (Å²) in [6, 6.07) is 14.3. The lowest BCUT2D eigenvalue weighted by atomic mass is 10.0. The number of rotatable bonds is 3. The molecule has 0 aliphatic rings. The van der Waals surface area contributed by atoms with Crippen LogP contribution in [-0.4, -0.2) is 12.1 Å². The number of furan rings is 1.